The lowest BCUT2D eigenvalue weighted by molar-refractivity contribution is -0.757. The van der Waals surface area contributed by atoms with Gasteiger partial charge in [0, 0.05) is 23.2 Å². The minimum atomic E-state index is -2.09. The van der Waals surface area contributed by atoms with Crippen molar-refractivity contribution in [3.63, 3.8) is 0 Å². The summed E-state index contributed by atoms with van der Waals surface area (Å²) < 4.78 is 35.5. The zero-order chi connectivity index (χ0) is 33.7. The molecule has 1 saturated heterocycles. The van der Waals surface area contributed by atoms with Gasteiger partial charge in [0.25, 0.3) is 5.09 Å². The number of allylic oxidation sites excluding steroid dienone is 4. The first-order chi connectivity index (χ1) is 21.5. The number of aliphatic hydroxyl groups is 1. The number of alkyl halides is 1. The van der Waals surface area contributed by atoms with E-state index in [9.17, 15) is 34.4 Å². The van der Waals surface area contributed by atoms with E-state index in [4.69, 9.17) is 14.2 Å². The van der Waals surface area contributed by atoms with Crippen LogP contribution in [-0.4, -0.2) is 82.7 Å². The van der Waals surface area contributed by atoms with E-state index in [-0.39, 0.29) is 25.2 Å². The summed E-state index contributed by atoms with van der Waals surface area (Å²) in [7, 11) is 0. The van der Waals surface area contributed by atoms with Crippen molar-refractivity contribution in [3.05, 3.63) is 33.9 Å². The predicted octanol–water partition coefficient (Wildman–Crippen LogP) is 2.85. The molecule has 0 bridgehead atoms. The van der Waals surface area contributed by atoms with Crippen molar-refractivity contribution in [2.75, 3.05) is 19.8 Å². The number of Topliss-reactive ketones (excluding diaryl/α,β-unsaturated/α-hetero) is 1. The molecule has 8 atom stereocenters. The highest BCUT2D eigenvalue weighted by molar-refractivity contribution is 6.01. The van der Waals surface area contributed by atoms with Crippen LogP contribution in [0.15, 0.2) is 23.8 Å². The van der Waals surface area contributed by atoms with E-state index < -0.39 is 87.8 Å². The lowest BCUT2D eigenvalue weighted by Gasteiger charge is -2.62. The van der Waals surface area contributed by atoms with Crippen LogP contribution in [0, 0.1) is 32.8 Å². The molecule has 4 aliphatic carbocycles. The molecule has 0 spiro atoms. The van der Waals surface area contributed by atoms with Crippen LogP contribution >= 0.6 is 0 Å². The Morgan fingerprint density at radius 1 is 1.17 bits per heavy atom. The molecule has 1 amide bonds. The number of hydrogen-bond acceptors (Lipinski definition) is 11. The van der Waals surface area contributed by atoms with Crippen LogP contribution in [0.4, 0.5) is 4.39 Å². The summed E-state index contributed by atoms with van der Waals surface area (Å²) in [6.07, 6.45) is 4.63. The van der Waals surface area contributed by atoms with Gasteiger partial charge in [-0.15, -0.1) is 10.1 Å². The summed E-state index contributed by atoms with van der Waals surface area (Å²) in [5.74, 6) is -4.27. The number of rotatable bonds is 12. The van der Waals surface area contributed by atoms with E-state index in [0.29, 0.717) is 44.1 Å². The minimum Gasteiger partial charge on any atom is -0.456 e. The SMILES string of the molecule is CC1(C)O[C@@H]2C[C@H]3[C@@H]4CCC5=CC(=O)C=C[C@]5(C)[C@@]4(F)[C@@H](O)C[C@]3(C)[C@@]2(C(=O)COC(=O)CNC(=O)CCCCCO[N+](=O)[O-])O1. The first-order valence-corrected chi connectivity index (χ1v) is 15.9. The summed E-state index contributed by atoms with van der Waals surface area (Å²) in [5.41, 5.74) is -5.32. The molecule has 13 nitrogen and oxygen atoms in total. The molecule has 46 heavy (non-hydrogen) atoms. The second-order valence-electron chi connectivity index (χ2n) is 14.1. The quantitative estimate of drug-likeness (QED) is 0.137. The Labute approximate surface area is 266 Å². The van der Waals surface area contributed by atoms with E-state index >= 15 is 4.39 Å². The molecule has 5 aliphatic rings. The number of nitrogens with one attached hydrogen (secondary N) is 1. The van der Waals surface area contributed by atoms with Crippen LogP contribution in [-0.2, 0) is 38.2 Å². The number of amides is 1. The fourth-order valence-electron chi connectivity index (χ4n) is 9.08. The van der Waals surface area contributed by atoms with Gasteiger partial charge in [-0.25, -0.2) is 4.39 Å². The Kier molecular flexibility index (Phi) is 8.97. The van der Waals surface area contributed by atoms with E-state index in [0.717, 1.165) is 0 Å². The Balaban J connectivity index is 1.26. The summed E-state index contributed by atoms with van der Waals surface area (Å²) in [5, 5.41) is 23.4. The van der Waals surface area contributed by atoms with Crippen molar-refractivity contribution in [2.24, 2.45) is 22.7 Å². The van der Waals surface area contributed by atoms with Crippen molar-refractivity contribution in [2.45, 2.75) is 108 Å². The fourth-order valence-corrected chi connectivity index (χ4v) is 9.08. The first kappa shape index (κ1) is 34.1. The van der Waals surface area contributed by atoms with Crippen molar-refractivity contribution in [3.8, 4) is 0 Å². The number of fused-ring (bicyclic) bond motifs is 7. The first-order valence-electron chi connectivity index (χ1n) is 15.9. The zero-order valence-corrected chi connectivity index (χ0v) is 26.7. The molecule has 0 radical (unpaired) electrons. The van der Waals surface area contributed by atoms with Gasteiger partial charge in [0.15, 0.2) is 29.4 Å². The molecule has 1 aliphatic heterocycles. The Hall–Kier alpha value is -3.23. The molecule has 4 fully saturated rings. The number of carbonyl (C=O) groups is 4. The van der Waals surface area contributed by atoms with Crippen molar-refractivity contribution >= 4 is 23.4 Å². The molecular weight excluding hydrogens is 607 g/mol. The topological polar surface area (TPSA) is 181 Å². The van der Waals surface area contributed by atoms with Gasteiger partial charge in [0.05, 0.1) is 18.8 Å². The van der Waals surface area contributed by atoms with Crippen LogP contribution < -0.4 is 5.32 Å². The molecular formula is C32H43FN2O11. The summed E-state index contributed by atoms with van der Waals surface area (Å²) in [6.45, 7) is 5.70. The average Bonchev–Trinajstić information content (AvgIpc) is 3.39. The van der Waals surface area contributed by atoms with Crippen LogP contribution in [0.5, 0.6) is 0 Å². The average molecular weight is 651 g/mol. The van der Waals surface area contributed by atoms with Crippen molar-refractivity contribution < 1.29 is 52.8 Å². The standard InChI is InChI=1S/C32H43FN2O11/c1-28(2)45-25-15-22-21-10-9-19-14-20(36)11-12-29(19,3)31(21,33)23(37)16-30(22,4)32(25,46-28)24(38)18-43-27(40)17-34-26(39)8-6-5-7-13-44-35(41)42/h11-12,14,21-23,25,37H,5-10,13,15-18H2,1-4H3,(H,34,39)/t21-,22-,23-,25+,29-,30-,31-,32-/m0/s1. The minimum absolute atomic E-state index is 0.0610. The second-order valence-corrected chi connectivity index (χ2v) is 14.1. The van der Waals surface area contributed by atoms with E-state index in [1.54, 1.807) is 26.8 Å². The van der Waals surface area contributed by atoms with Gasteiger partial charge in [-0.1, -0.05) is 25.0 Å². The van der Waals surface area contributed by atoms with Gasteiger partial charge in [-0.2, -0.15) is 0 Å². The highest BCUT2D eigenvalue weighted by Gasteiger charge is 2.80. The molecule has 14 heteroatoms. The van der Waals surface area contributed by atoms with Crippen molar-refractivity contribution in [1.29, 1.82) is 0 Å². The fraction of sp³-hybridized carbons (Fsp3) is 0.750. The van der Waals surface area contributed by atoms with Crippen LogP contribution in [0.3, 0.4) is 0 Å². The van der Waals surface area contributed by atoms with Crippen molar-refractivity contribution in [1.82, 2.24) is 5.32 Å². The molecule has 0 aromatic rings. The third kappa shape index (κ3) is 5.45. The number of hydrogen-bond donors (Lipinski definition) is 2. The number of carbonyl (C=O) groups excluding carboxylic acids is 4. The molecule has 0 aromatic heterocycles. The molecule has 3 saturated carbocycles. The molecule has 5 rings (SSSR count). The van der Waals surface area contributed by atoms with Gasteiger partial charge >= 0.3 is 5.97 Å². The monoisotopic (exact) mass is 650 g/mol. The second kappa shape index (κ2) is 12.1. The molecule has 0 aromatic carbocycles. The number of ketones is 2. The maximum absolute atomic E-state index is 17.5. The predicted molar refractivity (Wildman–Crippen MR) is 157 cm³/mol. The maximum atomic E-state index is 17.5. The zero-order valence-electron chi connectivity index (χ0n) is 26.7. The van der Waals surface area contributed by atoms with Gasteiger partial charge in [0.2, 0.25) is 11.7 Å². The van der Waals surface area contributed by atoms with Crippen LogP contribution in [0.1, 0.15) is 79.1 Å². The third-order valence-corrected chi connectivity index (χ3v) is 11.1. The largest absolute Gasteiger partial charge is 0.456 e. The lowest BCUT2D eigenvalue weighted by atomic mass is 9.44. The number of aliphatic hydroxyl groups excluding tert-OH is 1. The van der Waals surface area contributed by atoms with E-state index in [1.807, 2.05) is 6.92 Å². The molecule has 2 N–H and O–H groups in total. The summed E-state index contributed by atoms with van der Waals surface area (Å²) in [6, 6.07) is 0. The summed E-state index contributed by atoms with van der Waals surface area (Å²) in [4.78, 5) is 65.3. The Morgan fingerprint density at radius 3 is 2.63 bits per heavy atom. The van der Waals surface area contributed by atoms with Gasteiger partial charge in [-0.05, 0) is 77.4 Å². The lowest BCUT2D eigenvalue weighted by Crippen LogP contribution is -2.70. The number of esters is 1. The number of unbranched alkanes of at least 4 members (excludes halogenated alkanes) is 2. The van der Waals surface area contributed by atoms with Crippen LogP contribution in [0.25, 0.3) is 0 Å². The third-order valence-electron chi connectivity index (χ3n) is 11.1. The Morgan fingerprint density at radius 2 is 1.91 bits per heavy atom. The normalized spacial score (nSPS) is 38.5. The highest BCUT2D eigenvalue weighted by Crippen LogP contribution is 2.72. The van der Waals surface area contributed by atoms with Gasteiger partial charge < -0.3 is 29.5 Å². The molecule has 0 unspecified atom stereocenters. The molecule has 254 valence electrons. The number of halogens is 1. The Bertz CT molecular complexity index is 1360. The maximum Gasteiger partial charge on any atom is 0.325 e. The number of nitrogens with zero attached hydrogens (tertiary/aromatic N) is 1. The van der Waals surface area contributed by atoms with Gasteiger partial charge in [0.1, 0.15) is 6.54 Å². The van der Waals surface area contributed by atoms with E-state index in [1.165, 1.54) is 12.2 Å². The molecule has 1 heterocycles. The summed E-state index contributed by atoms with van der Waals surface area (Å²) >= 11 is 0. The smallest absolute Gasteiger partial charge is 0.325 e. The number of ether oxygens (including phenoxy) is 3. The highest BCUT2D eigenvalue weighted by atomic mass is 19.1. The van der Waals surface area contributed by atoms with Crippen LogP contribution in [0.2, 0.25) is 0 Å². The van der Waals surface area contributed by atoms with E-state index in [2.05, 4.69) is 10.2 Å². The van der Waals surface area contributed by atoms with Gasteiger partial charge in [-0.3, -0.25) is 19.2 Å².